The molecular formula is C23H20FN5O2. The number of nitrogens with zero attached hydrogens (tertiary/aromatic N) is 4. The van der Waals surface area contributed by atoms with Crippen LogP contribution < -0.4 is 10.3 Å². The van der Waals surface area contributed by atoms with Gasteiger partial charge in [-0.3, -0.25) is 4.79 Å². The summed E-state index contributed by atoms with van der Waals surface area (Å²) in [5.74, 6) is 0.338. The fourth-order valence-corrected chi connectivity index (χ4v) is 3.90. The lowest BCUT2D eigenvalue weighted by molar-refractivity contribution is 0.413. The number of hydrogen-bond acceptors (Lipinski definition) is 4. The first-order chi connectivity index (χ1) is 15.0. The Morgan fingerprint density at radius 3 is 2.61 bits per heavy atom. The minimum atomic E-state index is -0.345. The van der Waals surface area contributed by atoms with Crippen LogP contribution >= 0.6 is 0 Å². The summed E-state index contributed by atoms with van der Waals surface area (Å²) < 4.78 is 22.1. The number of benzene rings is 2. The molecular weight excluding hydrogens is 397 g/mol. The largest absolute Gasteiger partial charge is 0.494 e. The number of nitrogens with one attached hydrogen (secondary N) is 1. The summed E-state index contributed by atoms with van der Waals surface area (Å²) in [6.07, 6.45) is 5.32. The lowest BCUT2D eigenvalue weighted by Gasteiger charge is -2.14. The smallest absolute Gasteiger partial charge is 0.291 e. The molecule has 3 heterocycles. The number of hydrogen-bond donors (Lipinski definition) is 1. The summed E-state index contributed by atoms with van der Waals surface area (Å²) in [5.41, 5.74) is 3.50. The predicted molar refractivity (Wildman–Crippen MR) is 116 cm³/mol. The second-order valence-corrected chi connectivity index (χ2v) is 7.53. The van der Waals surface area contributed by atoms with Gasteiger partial charge in [0, 0.05) is 23.0 Å². The zero-order valence-corrected chi connectivity index (χ0v) is 17.3. The van der Waals surface area contributed by atoms with Crippen LogP contribution in [0.4, 0.5) is 4.39 Å². The van der Waals surface area contributed by atoms with E-state index in [2.05, 4.69) is 15.1 Å². The molecule has 156 valence electrons. The van der Waals surface area contributed by atoms with E-state index >= 15 is 0 Å². The molecule has 8 heteroatoms. The number of aromatic nitrogens is 5. The van der Waals surface area contributed by atoms with Crippen molar-refractivity contribution in [2.45, 2.75) is 19.9 Å². The Hall–Kier alpha value is -3.94. The zero-order chi connectivity index (χ0) is 21.7. The van der Waals surface area contributed by atoms with E-state index in [4.69, 9.17) is 4.74 Å². The van der Waals surface area contributed by atoms with E-state index in [0.29, 0.717) is 11.3 Å². The van der Waals surface area contributed by atoms with Gasteiger partial charge in [-0.15, -0.1) is 0 Å². The SMILES string of the molecule is COc1cc2[nH]c3c(=O)n(C(C)c4ccc(F)cc4)ncc3c2cc1-n1cnc(C)c1. The summed E-state index contributed by atoms with van der Waals surface area (Å²) in [6, 6.07) is 9.56. The predicted octanol–water partition coefficient (Wildman–Crippen LogP) is 4.13. The van der Waals surface area contributed by atoms with Crippen LogP contribution in [0.1, 0.15) is 24.2 Å². The van der Waals surface area contributed by atoms with Crippen LogP contribution in [0.15, 0.2) is 59.9 Å². The zero-order valence-electron chi connectivity index (χ0n) is 17.3. The first-order valence-corrected chi connectivity index (χ1v) is 9.84. The van der Waals surface area contributed by atoms with Crippen molar-refractivity contribution < 1.29 is 9.13 Å². The van der Waals surface area contributed by atoms with Crippen molar-refractivity contribution in [1.82, 2.24) is 24.3 Å². The van der Waals surface area contributed by atoms with Crippen LogP contribution in [-0.2, 0) is 0 Å². The van der Waals surface area contributed by atoms with Gasteiger partial charge in [-0.05, 0) is 37.6 Å². The van der Waals surface area contributed by atoms with Crippen LogP contribution in [0.5, 0.6) is 5.75 Å². The number of halogens is 1. The molecule has 0 amide bonds. The Kier molecular flexibility index (Phi) is 4.35. The van der Waals surface area contributed by atoms with Gasteiger partial charge < -0.3 is 14.3 Å². The van der Waals surface area contributed by atoms with Crippen LogP contribution in [0.25, 0.3) is 27.5 Å². The van der Waals surface area contributed by atoms with Gasteiger partial charge in [-0.2, -0.15) is 5.10 Å². The van der Waals surface area contributed by atoms with Gasteiger partial charge in [0.1, 0.15) is 17.1 Å². The van der Waals surface area contributed by atoms with Crippen molar-refractivity contribution in [2.24, 2.45) is 0 Å². The van der Waals surface area contributed by atoms with E-state index in [1.807, 2.05) is 36.7 Å². The average molecular weight is 417 g/mol. The maximum Gasteiger partial charge on any atom is 0.291 e. The average Bonchev–Trinajstić information content (AvgIpc) is 3.36. The van der Waals surface area contributed by atoms with Crippen molar-refractivity contribution in [3.05, 3.63) is 82.5 Å². The van der Waals surface area contributed by atoms with Gasteiger partial charge in [-0.25, -0.2) is 14.1 Å². The summed E-state index contributed by atoms with van der Waals surface area (Å²) >= 11 is 0. The van der Waals surface area contributed by atoms with Gasteiger partial charge in [0.15, 0.2) is 0 Å². The van der Waals surface area contributed by atoms with Gasteiger partial charge in [0.05, 0.1) is 42.6 Å². The van der Waals surface area contributed by atoms with Crippen molar-refractivity contribution in [3.8, 4) is 11.4 Å². The van der Waals surface area contributed by atoms with Gasteiger partial charge in [0.2, 0.25) is 0 Å². The standard InChI is InChI=1S/C23H20FN5O2/c1-13-11-28(12-25-13)20-8-17-18-10-26-29(14(2)15-4-6-16(24)7-5-15)23(30)22(18)27-19(17)9-21(20)31-3/h4-12,14,27H,1-3H3. The number of aromatic amines is 1. The molecule has 7 nitrogen and oxygen atoms in total. The van der Waals surface area contributed by atoms with Crippen molar-refractivity contribution in [2.75, 3.05) is 7.11 Å². The molecule has 0 bridgehead atoms. The molecule has 0 aliphatic rings. The van der Waals surface area contributed by atoms with E-state index in [1.54, 1.807) is 31.8 Å². The molecule has 0 saturated carbocycles. The molecule has 0 spiro atoms. The minimum absolute atomic E-state index is 0.246. The van der Waals surface area contributed by atoms with E-state index in [9.17, 15) is 9.18 Å². The summed E-state index contributed by atoms with van der Waals surface area (Å²) in [4.78, 5) is 20.8. The Balaban J connectivity index is 1.69. The van der Waals surface area contributed by atoms with Crippen molar-refractivity contribution in [1.29, 1.82) is 0 Å². The quantitative estimate of drug-likeness (QED) is 0.477. The van der Waals surface area contributed by atoms with E-state index < -0.39 is 0 Å². The molecule has 5 aromatic rings. The third-order valence-electron chi connectivity index (χ3n) is 5.58. The molecule has 2 aromatic carbocycles. The van der Waals surface area contributed by atoms with Gasteiger partial charge >= 0.3 is 0 Å². The third kappa shape index (κ3) is 3.07. The summed E-state index contributed by atoms with van der Waals surface area (Å²) in [6.45, 7) is 3.78. The van der Waals surface area contributed by atoms with Crippen LogP contribution in [0.3, 0.4) is 0 Å². The number of methoxy groups -OCH3 is 1. The lowest BCUT2D eigenvalue weighted by Crippen LogP contribution is -2.26. The number of H-pyrrole nitrogens is 1. The monoisotopic (exact) mass is 417 g/mol. The van der Waals surface area contributed by atoms with Crippen LogP contribution in [0.2, 0.25) is 0 Å². The van der Waals surface area contributed by atoms with Crippen LogP contribution in [0, 0.1) is 12.7 Å². The van der Waals surface area contributed by atoms with E-state index in [1.165, 1.54) is 16.8 Å². The molecule has 0 saturated heterocycles. The maximum absolute atomic E-state index is 13.3. The highest BCUT2D eigenvalue weighted by Crippen LogP contribution is 2.32. The highest BCUT2D eigenvalue weighted by atomic mass is 19.1. The van der Waals surface area contributed by atoms with Crippen molar-refractivity contribution >= 4 is 21.8 Å². The summed E-state index contributed by atoms with van der Waals surface area (Å²) in [5, 5.41) is 6.01. The molecule has 31 heavy (non-hydrogen) atoms. The molecule has 3 aromatic heterocycles. The van der Waals surface area contributed by atoms with Gasteiger partial charge in [-0.1, -0.05) is 12.1 Å². The lowest BCUT2D eigenvalue weighted by atomic mass is 10.1. The Bertz CT molecular complexity index is 1480. The van der Waals surface area contributed by atoms with Crippen LogP contribution in [-0.4, -0.2) is 31.4 Å². The molecule has 0 fully saturated rings. The second kappa shape index (κ2) is 7.09. The fourth-order valence-electron chi connectivity index (χ4n) is 3.90. The molecule has 1 atom stereocenters. The molecule has 0 aliphatic carbocycles. The number of imidazole rings is 1. The number of fused-ring (bicyclic) bond motifs is 3. The number of aryl methyl sites for hydroxylation is 1. The van der Waals surface area contributed by atoms with E-state index in [0.717, 1.165) is 33.2 Å². The van der Waals surface area contributed by atoms with Crippen molar-refractivity contribution in [3.63, 3.8) is 0 Å². The molecule has 1 N–H and O–H groups in total. The molecule has 1 unspecified atom stereocenters. The normalized spacial score (nSPS) is 12.5. The molecule has 5 rings (SSSR count). The Labute approximate surface area is 176 Å². The second-order valence-electron chi connectivity index (χ2n) is 7.53. The highest BCUT2D eigenvalue weighted by molar-refractivity contribution is 6.07. The Morgan fingerprint density at radius 1 is 1.16 bits per heavy atom. The molecule has 0 radical (unpaired) electrons. The first kappa shape index (κ1) is 19.0. The summed E-state index contributed by atoms with van der Waals surface area (Å²) in [7, 11) is 1.61. The Morgan fingerprint density at radius 2 is 1.94 bits per heavy atom. The minimum Gasteiger partial charge on any atom is -0.494 e. The fraction of sp³-hybridized carbons (Fsp3) is 0.174. The first-order valence-electron chi connectivity index (χ1n) is 9.84. The number of rotatable bonds is 4. The molecule has 0 aliphatic heterocycles. The van der Waals surface area contributed by atoms with E-state index in [-0.39, 0.29) is 17.4 Å². The topological polar surface area (TPSA) is 77.7 Å². The maximum atomic E-state index is 13.3. The third-order valence-corrected chi connectivity index (χ3v) is 5.58. The highest BCUT2D eigenvalue weighted by Gasteiger charge is 2.18. The number of ether oxygens (including phenoxy) is 1. The van der Waals surface area contributed by atoms with Gasteiger partial charge in [0.25, 0.3) is 5.56 Å².